The van der Waals surface area contributed by atoms with Crippen molar-refractivity contribution in [1.82, 2.24) is 4.90 Å². The van der Waals surface area contributed by atoms with E-state index in [-0.39, 0.29) is 5.41 Å². The number of hydrogen-bond acceptors (Lipinski definition) is 3. The smallest absolute Gasteiger partial charge is 0.0622 e. The number of nitrogens with two attached hydrogens (primary N) is 1. The van der Waals surface area contributed by atoms with Crippen LogP contribution in [-0.4, -0.2) is 31.1 Å². The maximum Gasteiger partial charge on any atom is 0.0622 e. The van der Waals surface area contributed by atoms with Crippen LogP contribution in [0.1, 0.15) is 40.0 Å². The highest BCUT2D eigenvalue weighted by atomic mass is 15.1. The minimum atomic E-state index is 0.182. The zero-order chi connectivity index (χ0) is 11.7. The second kappa shape index (κ2) is 7.67. The third-order valence-corrected chi connectivity index (χ3v) is 2.51. The molecule has 0 fully saturated rings. The Labute approximate surface area is 94.2 Å². The van der Waals surface area contributed by atoms with E-state index < -0.39 is 0 Å². The number of rotatable bonds is 8. The molecule has 0 aromatic heterocycles. The van der Waals surface area contributed by atoms with Crippen LogP contribution in [0.3, 0.4) is 0 Å². The summed E-state index contributed by atoms with van der Waals surface area (Å²) in [6.07, 6.45) is 2.79. The van der Waals surface area contributed by atoms with Crippen LogP contribution in [0.5, 0.6) is 0 Å². The molecular weight excluding hydrogens is 186 g/mol. The van der Waals surface area contributed by atoms with Crippen molar-refractivity contribution in [2.75, 3.05) is 26.2 Å². The van der Waals surface area contributed by atoms with Crippen molar-refractivity contribution < 1.29 is 0 Å². The van der Waals surface area contributed by atoms with E-state index in [1.54, 1.807) is 0 Å². The van der Waals surface area contributed by atoms with Crippen molar-refractivity contribution in [1.29, 1.82) is 5.26 Å². The summed E-state index contributed by atoms with van der Waals surface area (Å²) in [5.41, 5.74) is 5.91. The van der Waals surface area contributed by atoms with Crippen LogP contribution in [0.2, 0.25) is 0 Å². The standard InChI is InChI=1S/C12H25N3/c1-4-8-15(9-6-5-7-13)11-12(2,3)10-14/h4-6,8-11,14H2,1-3H3. The first-order valence-electron chi connectivity index (χ1n) is 5.85. The molecule has 0 radical (unpaired) electrons. The van der Waals surface area contributed by atoms with E-state index >= 15 is 0 Å². The molecule has 0 spiro atoms. The van der Waals surface area contributed by atoms with Crippen molar-refractivity contribution in [3.63, 3.8) is 0 Å². The molecule has 3 nitrogen and oxygen atoms in total. The molecule has 15 heavy (non-hydrogen) atoms. The van der Waals surface area contributed by atoms with Crippen LogP contribution in [-0.2, 0) is 0 Å². The van der Waals surface area contributed by atoms with Gasteiger partial charge in [0, 0.05) is 13.0 Å². The van der Waals surface area contributed by atoms with E-state index in [0.29, 0.717) is 13.0 Å². The third kappa shape index (κ3) is 7.35. The highest BCUT2D eigenvalue weighted by Crippen LogP contribution is 2.15. The Balaban J connectivity index is 3.98. The molecule has 0 aromatic carbocycles. The number of nitriles is 1. The van der Waals surface area contributed by atoms with Crippen molar-refractivity contribution in [2.24, 2.45) is 11.1 Å². The first-order valence-corrected chi connectivity index (χ1v) is 5.85. The maximum absolute atomic E-state index is 8.50. The molecule has 0 aliphatic carbocycles. The minimum absolute atomic E-state index is 0.182. The molecule has 0 heterocycles. The van der Waals surface area contributed by atoms with Gasteiger partial charge in [-0.15, -0.1) is 0 Å². The molecule has 0 saturated heterocycles. The highest BCUT2D eigenvalue weighted by Gasteiger charge is 2.19. The van der Waals surface area contributed by atoms with Crippen LogP contribution in [0.15, 0.2) is 0 Å². The van der Waals surface area contributed by atoms with Gasteiger partial charge in [-0.1, -0.05) is 20.8 Å². The van der Waals surface area contributed by atoms with Crippen molar-refractivity contribution >= 4 is 0 Å². The van der Waals surface area contributed by atoms with E-state index in [4.69, 9.17) is 11.0 Å². The molecule has 0 bridgehead atoms. The van der Waals surface area contributed by atoms with Crippen molar-refractivity contribution in [2.45, 2.75) is 40.0 Å². The average Bonchev–Trinajstić information content (AvgIpc) is 2.18. The SMILES string of the molecule is CCCN(CCCC#N)CC(C)(C)CN. The van der Waals surface area contributed by atoms with Gasteiger partial charge in [0.2, 0.25) is 0 Å². The normalized spacial score (nSPS) is 11.7. The quantitative estimate of drug-likeness (QED) is 0.625. The van der Waals surface area contributed by atoms with Gasteiger partial charge >= 0.3 is 0 Å². The number of unbranched alkanes of at least 4 members (excludes halogenated alkanes) is 1. The second-order valence-corrected chi connectivity index (χ2v) is 4.91. The van der Waals surface area contributed by atoms with Crippen LogP contribution in [0, 0.1) is 16.7 Å². The predicted octanol–water partition coefficient (Wildman–Crippen LogP) is 1.99. The summed E-state index contributed by atoms with van der Waals surface area (Å²) in [7, 11) is 0. The Kier molecular flexibility index (Phi) is 7.37. The Morgan fingerprint density at radius 2 is 2.00 bits per heavy atom. The molecule has 0 aliphatic rings. The number of hydrogen-bond donors (Lipinski definition) is 1. The third-order valence-electron chi connectivity index (χ3n) is 2.51. The van der Waals surface area contributed by atoms with E-state index in [0.717, 1.165) is 32.5 Å². The molecule has 0 atom stereocenters. The molecular formula is C12H25N3. The van der Waals surface area contributed by atoms with Gasteiger partial charge in [0.25, 0.3) is 0 Å². The Morgan fingerprint density at radius 3 is 2.47 bits per heavy atom. The van der Waals surface area contributed by atoms with Crippen LogP contribution < -0.4 is 5.73 Å². The summed E-state index contributed by atoms with van der Waals surface area (Å²) in [5, 5.41) is 8.50. The Morgan fingerprint density at radius 1 is 1.33 bits per heavy atom. The molecule has 0 saturated carbocycles. The van der Waals surface area contributed by atoms with Crippen LogP contribution >= 0.6 is 0 Å². The highest BCUT2D eigenvalue weighted by molar-refractivity contribution is 4.76. The first-order chi connectivity index (χ1) is 7.05. The Hall–Kier alpha value is -0.590. The van der Waals surface area contributed by atoms with Gasteiger partial charge < -0.3 is 10.6 Å². The van der Waals surface area contributed by atoms with Gasteiger partial charge in [0.1, 0.15) is 0 Å². The van der Waals surface area contributed by atoms with Crippen LogP contribution in [0.4, 0.5) is 0 Å². The summed E-state index contributed by atoms with van der Waals surface area (Å²) in [5.74, 6) is 0. The molecule has 88 valence electrons. The minimum Gasteiger partial charge on any atom is -0.330 e. The van der Waals surface area contributed by atoms with Gasteiger partial charge in [0.15, 0.2) is 0 Å². The van der Waals surface area contributed by atoms with E-state index in [2.05, 4.69) is 31.7 Å². The zero-order valence-electron chi connectivity index (χ0n) is 10.4. The number of nitrogens with zero attached hydrogens (tertiary/aromatic N) is 2. The summed E-state index contributed by atoms with van der Waals surface area (Å²) in [6, 6.07) is 2.19. The average molecular weight is 211 g/mol. The fourth-order valence-corrected chi connectivity index (χ4v) is 1.64. The molecule has 2 N–H and O–H groups in total. The summed E-state index contributed by atoms with van der Waals surface area (Å²) in [4.78, 5) is 2.42. The molecule has 0 aromatic rings. The largest absolute Gasteiger partial charge is 0.330 e. The molecule has 0 rings (SSSR count). The fourth-order valence-electron chi connectivity index (χ4n) is 1.64. The molecule has 3 heteroatoms. The lowest BCUT2D eigenvalue weighted by atomic mass is 9.93. The lowest BCUT2D eigenvalue weighted by Gasteiger charge is -2.31. The van der Waals surface area contributed by atoms with Crippen molar-refractivity contribution in [3.05, 3.63) is 0 Å². The summed E-state index contributed by atoms with van der Waals surface area (Å²) in [6.45, 7) is 10.4. The topological polar surface area (TPSA) is 53.0 Å². The lowest BCUT2D eigenvalue weighted by molar-refractivity contribution is 0.181. The van der Waals surface area contributed by atoms with Crippen LogP contribution in [0.25, 0.3) is 0 Å². The molecule has 0 aliphatic heterocycles. The van der Waals surface area contributed by atoms with Gasteiger partial charge in [0.05, 0.1) is 6.07 Å². The second-order valence-electron chi connectivity index (χ2n) is 4.91. The molecule has 0 unspecified atom stereocenters. The van der Waals surface area contributed by atoms with E-state index in [1.165, 1.54) is 0 Å². The molecule has 0 amide bonds. The Bertz CT molecular complexity index is 194. The predicted molar refractivity (Wildman–Crippen MR) is 64.4 cm³/mol. The fraction of sp³-hybridized carbons (Fsp3) is 0.917. The van der Waals surface area contributed by atoms with Gasteiger partial charge in [-0.3, -0.25) is 0 Å². The lowest BCUT2D eigenvalue weighted by Crippen LogP contribution is -2.39. The summed E-state index contributed by atoms with van der Waals surface area (Å²) < 4.78 is 0. The first kappa shape index (κ1) is 14.4. The summed E-state index contributed by atoms with van der Waals surface area (Å²) >= 11 is 0. The van der Waals surface area contributed by atoms with E-state index in [9.17, 15) is 0 Å². The van der Waals surface area contributed by atoms with E-state index in [1.807, 2.05) is 0 Å². The van der Waals surface area contributed by atoms with Gasteiger partial charge in [-0.2, -0.15) is 5.26 Å². The van der Waals surface area contributed by atoms with Gasteiger partial charge in [-0.05, 0) is 37.9 Å². The van der Waals surface area contributed by atoms with Crippen molar-refractivity contribution in [3.8, 4) is 6.07 Å². The van der Waals surface area contributed by atoms with Gasteiger partial charge in [-0.25, -0.2) is 0 Å². The maximum atomic E-state index is 8.50. The zero-order valence-corrected chi connectivity index (χ0v) is 10.4. The monoisotopic (exact) mass is 211 g/mol.